The van der Waals surface area contributed by atoms with Gasteiger partial charge in [-0.1, -0.05) is 6.92 Å². The van der Waals surface area contributed by atoms with Crippen LogP contribution < -0.4 is 5.32 Å². The highest BCUT2D eigenvalue weighted by Crippen LogP contribution is 2.26. The molecule has 76 valence electrons. The summed E-state index contributed by atoms with van der Waals surface area (Å²) in [6.07, 6.45) is 4.12. The minimum Gasteiger partial charge on any atom is -0.312 e. The molecule has 2 saturated heterocycles. The van der Waals surface area contributed by atoms with Crippen molar-refractivity contribution in [3.63, 3.8) is 0 Å². The fraction of sp³-hybridized carbons (Fsp3) is 1.00. The van der Waals surface area contributed by atoms with Gasteiger partial charge in [0, 0.05) is 18.6 Å². The highest BCUT2D eigenvalue weighted by atomic mass is 15.2. The highest BCUT2D eigenvalue weighted by Gasteiger charge is 2.33. The Balaban J connectivity index is 1.89. The number of hydrogen-bond acceptors (Lipinski definition) is 2. The summed E-state index contributed by atoms with van der Waals surface area (Å²) < 4.78 is 0. The molecule has 3 atom stereocenters. The van der Waals surface area contributed by atoms with Crippen molar-refractivity contribution in [2.75, 3.05) is 19.6 Å². The molecule has 2 rings (SSSR count). The second kappa shape index (κ2) is 3.97. The number of hydrogen-bond donors (Lipinski definition) is 1. The molecule has 2 nitrogen and oxygen atoms in total. The van der Waals surface area contributed by atoms with Crippen LogP contribution in [0.25, 0.3) is 0 Å². The van der Waals surface area contributed by atoms with Gasteiger partial charge in [-0.2, -0.15) is 0 Å². The van der Waals surface area contributed by atoms with Crippen LogP contribution in [0.4, 0.5) is 0 Å². The summed E-state index contributed by atoms with van der Waals surface area (Å²) in [7, 11) is 0. The molecule has 0 spiro atoms. The minimum atomic E-state index is 0.781. The fourth-order valence-electron chi connectivity index (χ4n) is 2.72. The molecular formula is C11H22N2. The Labute approximate surface area is 81.7 Å². The molecule has 2 aliphatic rings. The van der Waals surface area contributed by atoms with Crippen molar-refractivity contribution < 1.29 is 0 Å². The SMILES string of the molecule is CCC(C)N1CC[C@@H]2CCN[C@@H]2C1. The van der Waals surface area contributed by atoms with E-state index >= 15 is 0 Å². The number of rotatable bonds is 2. The van der Waals surface area contributed by atoms with Crippen molar-refractivity contribution in [3.8, 4) is 0 Å². The lowest BCUT2D eigenvalue weighted by atomic mass is 9.91. The number of nitrogens with one attached hydrogen (secondary N) is 1. The van der Waals surface area contributed by atoms with E-state index in [0.29, 0.717) is 0 Å². The minimum absolute atomic E-state index is 0.781. The lowest BCUT2D eigenvalue weighted by molar-refractivity contribution is 0.124. The van der Waals surface area contributed by atoms with E-state index in [9.17, 15) is 0 Å². The van der Waals surface area contributed by atoms with Crippen molar-refractivity contribution in [2.24, 2.45) is 5.92 Å². The smallest absolute Gasteiger partial charge is 0.0224 e. The van der Waals surface area contributed by atoms with Crippen LogP contribution in [-0.2, 0) is 0 Å². The maximum atomic E-state index is 3.63. The Morgan fingerprint density at radius 1 is 1.46 bits per heavy atom. The van der Waals surface area contributed by atoms with E-state index in [1.54, 1.807) is 0 Å². The Bertz CT molecular complexity index is 169. The topological polar surface area (TPSA) is 15.3 Å². The molecular weight excluding hydrogens is 160 g/mol. The van der Waals surface area contributed by atoms with Crippen molar-refractivity contribution in [3.05, 3.63) is 0 Å². The van der Waals surface area contributed by atoms with Gasteiger partial charge in [-0.3, -0.25) is 4.90 Å². The third-order valence-electron chi connectivity index (χ3n) is 3.92. The maximum absolute atomic E-state index is 3.63. The summed E-state index contributed by atoms with van der Waals surface area (Å²) in [6.45, 7) is 8.52. The van der Waals surface area contributed by atoms with E-state index < -0.39 is 0 Å². The molecule has 2 aliphatic heterocycles. The van der Waals surface area contributed by atoms with Crippen molar-refractivity contribution in [1.82, 2.24) is 10.2 Å². The second-order valence-corrected chi connectivity index (χ2v) is 4.65. The third kappa shape index (κ3) is 1.89. The van der Waals surface area contributed by atoms with Crippen LogP contribution in [0.15, 0.2) is 0 Å². The molecule has 13 heavy (non-hydrogen) atoms. The van der Waals surface area contributed by atoms with E-state index in [1.165, 1.54) is 38.9 Å². The molecule has 0 aromatic rings. The zero-order valence-corrected chi connectivity index (χ0v) is 8.92. The maximum Gasteiger partial charge on any atom is 0.0224 e. The van der Waals surface area contributed by atoms with E-state index in [2.05, 4.69) is 24.1 Å². The lowest BCUT2D eigenvalue weighted by Gasteiger charge is -2.38. The molecule has 2 heteroatoms. The third-order valence-corrected chi connectivity index (χ3v) is 3.92. The van der Waals surface area contributed by atoms with Gasteiger partial charge in [-0.15, -0.1) is 0 Å². The standard InChI is InChI=1S/C11H22N2/c1-3-9(2)13-7-5-10-4-6-12-11(10)8-13/h9-12H,3-8H2,1-2H3/t9?,10-,11+/m0/s1. The van der Waals surface area contributed by atoms with Gasteiger partial charge in [0.25, 0.3) is 0 Å². The van der Waals surface area contributed by atoms with Gasteiger partial charge >= 0.3 is 0 Å². The molecule has 0 aliphatic carbocycles. The summed E-state index contributed by atoms with van der Waals surface area (Å²) >= 11 is 0. The molecule has 1 N–H and O–H groups in total. The van der Waals surface area contributed by atoms with Crippen LogP contribution in [0.2, 0.25) is 0 Å². The largest absolute Gasteiger partial charge is 0.312 e. The summed E-state index contributed by atoms with van der Waals surface area (Å²) in [6, 6.07) is 1.59. The quantitative estimate of drug-likeness (QED) is 0.695. The molecule has 0 amide bonds. The monoisotopic (exact) mass is 182 g/mol. The average Bonchev–Trinajstić information content (AvgIpc) is 2.63. The van der Waals surface area contributed by atoms with Crippen molar-refractivity contribution >= 4 is 0 Å². The normalized spacial score (nSPS) is 37.4. The number of fused-ring (bicyclic) bond motifs is 1. The van der Waals surface area contributed by atoms with Crippen molar-refractivity contribution in [2.45, 2.75) is 45.2 Å². The Morgan fingerprint density at radius 2 is 2.31 bits per heavy atom. The van der Waals surface area contributed by atoms with Gasteiger partial charge in [0.05, 0.1) is 0 Å². The highest BCUT2D eigenvalue weighted by molar-refractivity contribution is 4.91. The molecule has 0 saturated carbocycles. The molecule has 2 heterocycles. The van der Waals surface area contributed by atoms with Gasteiger partial charge in [0.2, 0.25) is 0 Å². The molecule has 0 aromatic heterocycles. The summed E-state index contributed by atoms with van der Waals surface area (Å²) in [5.74, 6) is 0.986. The number of piperidine rings is 1. The molecule has 1 unspecified atom stereocenters. The van der Waals surface area contributed by atoms with E-state index in [0.717, 1.165) is 18.0 Å². The Kier molecular flexibility index (Phi) is 2.89. The predicted octanol–water partition coefficient (Wildman–Crippen LogP) is 1.47. The fourth-order valence-corrected chi connectivity index (χ4v) is 2.72. The van der Waals surface area contributed by atoms with Gasteiger partial charge in [0.15, 0.2) is 0 Å². The van der Waals surface area contributed by atoms with Gasteiger partial charge in [-0.05, 0) is 45.2 Å². The van der Waals surface area contributed by atoms with Crippen LogP contribution in [0.3, 0.4) is 0 Å². The predicted molar refractivity (Wildman–Crippen MR) is 55.8 cm³/mol. The molecule has 0 bridgehead atoms. The van der Waals surface area contributed by atoms with Crippen LogP contribution in [0.5, 0.6) is 0 Å². The molecule has 0 radical (unpaired) electrons. The first-order valence-corrected chi connectivity index (χ1v) is 5.78. The van der Waals surface area contributed by atoms with Crippen LogP contribution in [0.1, 0.15) is 33.1 Å². The van der Waals surface area contributed by atoms with Crippen LogP contribution in [0, 0.1) is 5.92 Å². The number of likely N-dealkylation sites (tertiary alicyclic amines) is 1. The summed E-state index contributed by atoms with van der Waals surface area (Å²) in [5, 5.41) is 3.63. The van der Waals surface area contributed by atoms with Gasteiger partial charge in [0.1, 0.15) is 0 Å². The first-order chi connectivity index (χ1) is 6.31. The van der Waals surface area contributed by atoms with Crippen LogP contribution in [-0.4, -0.2) is 36.6 Å². The summed E-state index contributed by atoms with van der Waals surface area (Å²) in [5.41, 5.74) is 0. The summed E-state index contributed by atoms with van der Waals surface area (Å²) in [4.78, 5) is 2.65. The number of nitrogens with zero attached hydrogens (tertiary/aromatic N) is 1. The lowest BCUT2D eigenvalue weighted by Crippen LogP contribution is -2.49. The zero-order valence-electron chi connectivity index (χ0n) is 8.92. The van der Waals surface area contributed by atoms with Gasteiger partial charge < -0.3 is 5.32 Å². The Hall–Kier alpha value is -0.0800. The average molecular weight is 182 g/mol. The second-order valence-electron chi connectivity index (χ2n) is 4.65. The van der Waals surface area contributed by atoms with Gasteiger partial charge in [-0.25, -0.2) is 0 Å². The van der Waals surface area contributed by atoms with E-state index in [1.807, 2.05) is 0 Å². The first kappa shape index (κ1) is 9.47. The molecule has 0 aromatic carbocycles. The van der Waals surface area contributed by atoms with E-state index in [-0.39, 0.29) is 0 Å². The van der Waals surface area contributed by atoms with Crippen LogP contribution >= 0.6 is 0 Å². The molecule has 2 fully saturated rings. The first-order valence-electron chi connectivity index (χ1n) is 5.78. The van der Waals surface area contributed by atoms with E-state index in [4.69, 9.17) is 0 Å². The Morgan fingerprint density at radius 3 is 3.08 bits per heavy atom. The zero-order chi connectivity index (χ0) is 9.26. The van der Waals surface area contributed by atoms with Crippen molar-refractivity contribution in [1.29, 1.82) is 0 Å².